The van der Waals surface area contributed by atoms with Crippen molar-refractivity contribution >= 4 is 22.6 Å². The summed E-state index contributed by atoms with van der Waals surface area (Å²) in [5, 5.41) is 13.3. The standard InChI is InChI=1S/C12H12N4O3/c1-12(2)6-3-8-9(4-7(6)15-11(12)17)14-10(13-8)5-16(18)19/h3-4H,5H2,1-2H3,(H,13,14)(H,15,17). The Labute approximate surface area is 108 Å². The number of aromatic amines is 1. The van der Waals surface area contributed by atoms with Gasteiger partial charge in [0.05, 0.1) is 16.4 Å². The van der Waals surface area contributed by atoms with Crippen LogP contribution in [0.25, 0.3) is 11.0 Å². The number of hydrogen-bond donors (Lipinski definition) is 2. The lowest BCUT2D eigenvalue weighted by molar-refractivity contribution is -0.498. The Morgan fingerprint density at radius 2 is 2.16 bits per heavy atom. The maximum Gasteiger partial charge on any atom is 0.260 e. The highest BCUT2D eigenvalue weighted by atomic mass is 16.6. The van der Waals surface area contributed by atoms with Crippen LogP contribution in [0.4, 0.5) is 5.69 Å². The van der Waals surface area contributed by atoms with Crippen molar-refractivity contribution in [3.63, 3.8) is 0 Å². The van der Waals surface area contributed by atoms with Gasteiger partial charge in [-0.1, -0.05) is 0 Å². The third kappa shape index (κ3) is 1.66. The van der Waals surface area contributed by atoms with Crippen LogP contribution in [-0.4, -0.2) is 20.8 Å². The molecule has 0 aliphatic carbocycles. The molecule has 0 radical (unpaired) electrons. The maximum atomic E-state index is 11.8. The van der Waals surface area contributed by atoms with Gasteiger partial charge in [0.1, 0.15) is 0 Å². The minimum Gasteiger partial charge on any atom is -0.336 e. The number of nitrogens with one attached hydrogen (secondary N) is 2. The van der Waals surface area contributed by atoms with Crippen LogP contribution in [0.15, 0.2) is 12.1 Å². The van der Waals surface area contributed by atoms with Crippen LogP contribution in [0.2, 0.25) is 0 Å². The molecule has 1 aromatic heterocycles. The van der Waals surface area contributed by atoms with E-state index < -0.39 is 10.3 Å². The Kier molecular flexibility index (Phi) is 2.16. The van der Waals surface area contributed by atoms with E-state index in [0.717, 1.165) is 11.3 Å². The number of nitro groups is 1. The number of amides is 1. The van der Waals surface area contributed by atoms with E-state index in [1.165, 1.54) is 0 Å². The van der Waals surface area contributed by atoms with Gasteiger partial charge in [-0.15, -0.1) is 0 Å². The van der Waals surface area contributed by atoms with Crippen LogP contribution in [0.1, 0.15) is 25.2 Å². The highest BCUT2D eigenvalue weighted by Gasteiger charge is 2.38. The van der Waals surface area contributed by atoms with Crippen molar-refractivity contribution < 1.29 is 9.72 Å². The van der Waals surface area contributed by atoms with Crippen molar-refractivity contribution in [2.24, 2.45) is 0 Å². The molecule has 0 bridgehead atoms. The molecule has 0 fully saturated rings. The van der Waals surface area contributed by atoms with Crippen LogP contribution in [0, 0.1) is 10.1 Å². The lowest BCUT2D eigenvalue weighted by atomic mass is 9.86. The lowest BCUT2D eigenvalue weighted by Crippen LogP contribution is -2.26. The predicted octanol–water partition coefficient (Wildman–Crippen LogP) is 1.57. The van der Waals surface area contributed by atoms with Gasteiger partial charge in [-0.25, -0.2) is 4.98 Å². The van der Waals surface area contributed by atoms with Gasteiger partial charge in [0.25, 0.3) is 6.54 Å². The van der Waals surface area contributed by atoms with Crippen molar-refractivity contribution in [1.82, 2.24) is 9.97 Å². The first-order valence-electron chi connectivity index (χ1n) is 5.84. The maximum absolute atomic E-state index is 11.8. The van der Waals surface area contributed by atoms with E-state index in [4.69, 9.17) is 0 Å². The van der Waals surface area contributed by atoms with E-state index in [0.29, 0.717) is 16.9 Å². The number of nitrogens with zero attached hydrogens (tertiary/aromatic N) is 2. The number of hydrogen-bond acceptors (Lipinski definition) is 4. The first-order chi connectivity index (χ1) is 8.88. The predicted molar refractivity (Wildman–Crippen MR) is 68.4 cm³/mol. The van der Waals surface area contributed by atoms with Crippen molar-refractivity contribution in [2.45, 2.75) is 25.8 Å². The number of fused-ring (bicyclic) bond motifs is 2. The molecular formula is C12H12N4O3. The molecule has 0 saturated carbocycles. The molecule has 98 valence electrons. The molecule has 7 nitrogen and oxygen atoms in total. The summed E-state index contributed by atoms with van der Waals surface area (Å²) in [5.41, 5.74) is 2.33. The van der Waals surface area contributed by atoms with Crippen molar-refractivity contribution in [1.29, 1.82) is 0 Å². The van der Waals surface area contributed by atoms with Crippen molar-refractivity contribution in [2.75, 3.05) is 5.32 Å². The summed E-state index contributed by atoms with van der Waals surface area (Å²) in [6, 6.07) is 3.58. The highest BCUT2D eigenvalue weighted by Crippen LogP contribution is 2.39. The highest BCUT2D eigenvalue weighted by molar-refractivity contribution is 6.07. The molecule has 7 heteroatoms. The normalized spacial score (nSPS) is 16.4. The van der Waals surface area contributed by atoms with Crippen LogP contribution in [0.3, 0.4) is 0 Å². The van der Waals surface area contributed by atoms with Gasteiger partial charge >= 0.3 is 0 Å². The molecule has 1 aliphatic rings. The van der Waals surface area contributed by atoms with E-state index in [-0.39, 0.29) is 12.5 Å². The summed E-state index contributed by atoms with van der Waals surface area (Å²) >= 11 is 0. The van der Waals surface area contributed by atoms with Gasteiger partial charge in [-0.2, -0.15) is 0 Å². The first kappa shape index (κ1) is 11.6. The summed E-state index contributed by atoms with van der Waals surface area (Å²) in [6.07, 6.45) is 0. The number of carbonyl (C=O) groups is 1. The Hall–Kier alpha value is -2.44. The molecule has 1 aliphatic heterocycles. The van der Waals surface area contributed by atoms with Gasteiger partial charge in [-0.3, -0.25) is 14.9 Å². The second-order valence-corrected chi connectivity index (χ2v) is 5.17. The fraction of sp³-hybridized carbons (Fsp3) is 0.333. The summed E-state index contributed by atoms with van der Waals surface area (Å²) < 4.78 is 0. The third-order valence-electron chi connectivity index (χ3n) is 3.44. The third-order valence-corrected chi connectivity index (χ3v) is 3.44. The number of H-pyrrole nitrogens is 1. The molecule has 2 heterocycles. The zero-order chi connectivity index (χ0) is 13.8. The molecular weight excluding hydrogens is 248 g/mol. The molecule has 1 aromatic carbocycles. The number of carbonyl (C=O) groups excluding carboxylic acids is 1. The molecule has 2 aromatic rings. The molecule has 3 rings (SSSR count). The summed E-state index contributed by atoms with van der Waals surface area (Å²) in [5.74, 6) is 0.258. The fourth-order valence-corrected chi connectivity index (χ4v) is 2.33. The summed E-state index contributed by atoms with van der Waals surface area (Å²) in [7, 11) is 0. The van der Waals surface area contributed by atoms with E-state index in [2.05, 4.69) is 15.3 Å². The molecule has 19 heavy (non-hydrogen) atoms. The second-order valence-electron chi connectivity index (χ2n) is 5.17. The number of benzene rings is 1. The monoisotopic (exact) mass is 260 g/mol. The quantitative estimate of drug-likeness (QED) is 0.632. The number of anilines is 1. The van der Waals surface area contributed by atoms with E-state index >= 15 is 0 Å². The Bertz CT molecular complexity index is 717. The van der Waals surface area contributed by atoms with E-state index in [9.17, 15) is 14.9 Å². The van der Waals surface area contributed by atoms with E-state index in [1.54, 1.807) is 6.07 Å². The molecule has 1 amide bonds. The topological polar surface area (TPSA) is 101 Å². The Balaban J connectivity index is 2.14. The Morgan fingerprint density at radius 3 is 2.84 bits per heavy atom. The smallest absolute Gasteiger partial charge is 0.260 e. The average molecular weight is 260 g/mol. The van der Waals surface area contributed by atoms with Crippen molar-refractivity contribution in [3.05, 3.63) is 33.6 Å². The number of imidazole rings is 1. The second kappa shape index (κ2) is 3.53. The van der Waals surface area contributed by atoms with Crippen LogP contribution < -0.4 is 5.32 Å². The molecule has 0 unspecified atom stereocenters. The minimum atomic E-state index is -0.599. The van der Waals surface area contributed by atoms with Gasteiger partial charge in [0.2, 0.25) is 5.91 Å². The van der Waals surface area contributed by atoms with Crippen LogP contribution in [-0.2, 0) is 16.8 Å². The van der Waals surface area contributed by atoms with Gasteiger partial charge in [0, 0.05) is 10.6 Å². The number of rotatable bonds is 2. The van der Waals surface area contributed by atoms with Gasteiger partial charge in [-0.05, 0) is 31.5 Å². The van der Waals surface area contributed by atoms with Crippen LogP contribution >= 0.6 is 0 Å². The minimum absolute atomic E-state index is 0.0549. The fourth-order valence-electron chi connectivity index (χ4n) is 2.33. The summed E-state index contributed by atoms with van der Waals surface area (Å²) in [6.45, 7) is 3.34. The number of aromatic nitrogens is 2. The molecule has 2 N–H and O–H groups in total. The molecule has 0 atom stereocenters. The molecule has 0 spiro atoms. The lowest BCUT2D eigenvalue weighted by Gasteiger charge is -2.14. The van der Waals surface area contributed by atoms with Gasteiger partial charge in [0.15, 0.2) is 5.82 Å². The Morgan fingerprint density at radius 1 is 1.42 bits per heavy atom. The zero-order valence-electron chi connectivity index (χ0n) is 10.5. The van der Waals surface area contributed by atoms with Crippen LogP contribution in [0.5, 0.6) is 0 Å². The van der Waals surface area contributed by atoms with E-state index in [1.807, 2.05) is 19.9 Å². The summed E-state index contributed by atoms with van der Waals surface area (Å²) in [4.78, 5) is 29.0. The first-order valence-corrected chi connectivity index (χ1v) is 5.84. The van der Waals surface area contributed by atoms with Crippen molar-refractivity contribution in [3.8, 4) is 0 Å². The zero-order valence-corrected chi connectivity index (χ0v) is 10.5. The van der Waals surface area contributed by atoms with Gasteiger partial charge < -0.3 is 10.3 Å². The molecule has 0 saturated heterocycles. The average Bonchev–Trinajstić information content (AvgIpc) is 2.76. The SMILES string of the molecule is CC1(C)C(=O)Nc2cc3nc(C[N+](=O)[O-])[nH]c3cc21. The largest absolute Gasteiger partial charge is 0.336 e.